The van der Waals surface area contributed by atoms with Gasteiger partial charge in [0.1, 0.15) is 11.8 Å². The number of hydrogen-bond donors (Lipinski definition) is 0. The lowest BCUT2D eigenvalue weighted by atomic mass is 9.89. The highest BCUT2D eigenvalue weighted by Gasteiger charge is 2.40. The van der Waals surface area contributed by atoms with E-state index in [9.17, 15) is 4.79 Å². The van der Waals surface area contributed by atoms with Gasteiger partial charge in [0, 0.05) is 6.42 Å². The number of fused-ring (bicyclic) bond motifs is 2. The van der Waals surface area contributed by atoms with E-state index in [4.69, 9.17) is 4.42 Å². The smallest absolute Gasteiger partial charge is 0.277 e. The first-order valence-electron chi connectivity index (χ1n) is 10.3. The minimum absolute atomic E-state index is 0.0714. The number of allylic oxidation sites excluding steroid dienone is 1. The molecule has 0 saturated heterocycles. The van der Waals surface area contributed by atoms with Crippen LogP contribution in [0.25, 0.3) is 0 Å². The monoisotopic (exact) mass is 438 g/mol. The lowest BCUT2D eigenvalue weighted by Crippen LogP contribution is -2.26. The Bertz CT molecular complexity index is 1060. The summed E-state index contributed by atoms with van der Waals surface area (Å²) in [4.78, 5) is 22.9. The van der Waals surface area contributed by atoms with Gasteiger partial charge in [0.15, 0.2) is 0 Å². The number of rotatable bonds is 6. The van der Waals surface area contributed by atoms with E-state index < -0.39 is 0 Å². The number of hydrogen-bond acceptors (Lipinski definition) is 7. The maximum absolute atomic E-state index is 12.6. The summed E-state index contributed by atoms with van der Waals surface area (Å²) in [5, 5.41) is 9.70. The molecule has 6 nitrogen and oxygen atoms in total. The van der Waals surface area contributed by atoms with Crippen molar-refractivity contribution in [2.24, 2.45) is 15.9 Å². The van der Waals surface area contributed by atoms with Gasteiger partial charge in [0.25, 0.3) is 11.1 Å². The quantitative estimate of drug-likeness (QED) is 0.588. The molecule has 1 aromatic carbocycles. The zero-order valence-corrected chi connectivity index (χ0v) is 18.3. The van der Waals surface area contributed by atoms with Crippen molar-refractivity contribution in [1.29, 1.82) is 0 Å². The third-order valence-electron chi connectivity index (χ3n) is 5.63. The van der Waals surface area contributed by atoms with Gasteiger partial charge in [0.05, 0.1) is 10.8 Å². The SMILES string of the molecule is CC(Cc1nnc(SCC2=NC(=O)C3C(=N2)SC2=C3CCCC2)o1)c1ccccc1. The number of aliphatic imine (C=N–C) groups is 2. The fourth-order valence-corrected chi connectivity index (χ4v) is 6.07. The van der Waals surface area contributed by atoms with Crippen molar-refractivity contribution in [3.8, 4) is 0 Å². The molecule has 0 N–H and O–H groups in total. The second-order valence-corrected chi connectivity index (χ2v) is 9.81. The number of amides is 1. The molecule has 0 saturated carbocycles. The molecule has 0 radical (unpaired) electrons. The Morgan fingerprint density at radius 3 is 2.87 bits per heavy atom. The molecule has 154 valence electrons. The van der Waals surface area contributed by atoms with E-state index in [-0.39, 0.29) is 11.8 Å². The van der Waals surface area contributed by atoms with Crippen LogP contribution in [0.5, 0.6) is 0 Å². The van der Waals surface area contributed by atoms with Crippen LogP contribution in [0.2, 0.25) is 0 Å². The Labute approximate surface area is 183 Å². The molecule has 2 atom stereocenters. The van der Waals surface area contributed by atoms with Crippen LogP contribution in [0.15, 0.2) is 60.4 Å². The summed E-state index contributed by atoms with van der Waals surface area (Å²) in [6.45, 7) is 2.15. The van der Waals surface area contributed by atoms with Gasteiger partial charge in [-0.25, -0.2) is 4.99 Å². The minimum atomic E-state index is -0.214. The Hall–Kier alpha value is -2.19. The van der Waals surface area contributed by atoms with Crippen molar-refractivity contribution in [3.63, 3.8) is 0 Å². The molecule has 5 rings (SSSR count). The highest BCUT2D eigenvalue weighted by molar-refractivity contribution is 8.17. The summed E-state index contributed by atoms with van der Waals surface area (Å²) in [6.07, 6.45) is 5.12. The number of benzene rings is 1. The molecular formula is C22H22N4O2S2. The molecule has 8 heteroatoms. The minimum Gasteiger partial charge on any atom is -0.416 e. The molecule has 1 aromatic heterocycles. The molecule has 2 aliphatic heterocycles. The van der Waals surface area contributed by atoms with Crippen LogP contribution < -0.4 is 0 Å². The number of aromatic nitrogens is 2. The molecule has 2 unspecified atom stereocenters. The van der Waals surface area contributed by atoms with Crippen LogP contribution in [0.1, 0.15) is 50.0 Å². The molecule has 2 aromatic rings. The van der Waals surface area contributed by atoms with E-state index in [1.54, 1.807) is 11.8 Å². The van der Waals surface area contributed by atoms with Crippen LogP contribution in [0.4, 0.5) is 0 Å². The molecule has 30 heavy (non-hydrogen) atoms. The van der Waals surface area contributed by atoms with Crippen molar-refractivity contribution in [2.75, 3.05) is 5.75 Å². The van der Waals surface area contributed by atoms with Gasteiger partial charge in [-0.2, -0.15) is 4.99 Å². The molecule has 0 fully saturated rings. The molecule has 1 aliphatic carbocycles. The van der Waals surface area contributed by atoms with E-state index >= 15 is 0 Å². The molecule has 3 aliphatic rings. The first kappa shape index (κ1) is 19.8. The number of amidine groups is 1. The number of carbonyl (C=O) groups excluding carboxylic acids is 1. The fourth-order valence-electron chi connectivity index (χ4n) is 4.07. The summed E-state index contributed by atoms with van der Waals surface area (Å²) >= 11 is 3.06. The number of thioether (sulfide) groups is 2. The molecule has 3 heterocycles. The standard InChI is InChI=1S/C22H22N4O2S2/c1-13(14-7-3-2-4-8-14)11-18-25-26-22(28-18)29-12-17-23-20(27)19-15-9-5-6-10-16(15)30-21(19)24-17/h2-4,7-8,13,19H,5-6,9-12H2,1H3. The lowest BCUT2D eigenvalue weighted by Gasteiger charge is -2.18. The zero-order valence-electron chi connectivity index (χ0n) is 16.7. The van der Waals surface area contributed by atoms with Gasteiger partial charge in [-0.05, 0) is 47.6 Å². The fraction of sp³-hybridized carbons (Fsp3) is 0.409. The first-order valence-corrected chi connectivity index (χ1v) is 12.1. The van der Waals surface area contributed by atoms with Crippen molar-refractivity contribution < 1.29 is 9.21 Å². The van der Waals surface area contributed by atoms with E-state index in [1.165, 1.54) is 34.2 Å². The number of carbonyl (C=O) groups is 1. The van der Waals surface area contributed by atoms with Crippen molar-refractivity contribution in [1.82, 2.24) is 10.2 Å². The Kier molecular flexibility index (Phi) is 5.60. The first-order chi connectivity index (χ1) is 14.7. The topological polar surface area (TPSA) is 80.7 Å². The summed E-state index contributed by atoms with van der Waals surface area (Å²) in [5.74, 6) is 1.62. The van der Waals surface area contributed by atoms with Crippen molar-refractivity contribution >= 4 is 40.3 Å². The number of nitrogens with zero attached hydrogens (tertiary/aromatic N) is 4. The maximum Gasteiger partial charge on any atom is 0.277 e. The van der Waals surface area contributed by atoms with E-state index in [1.807, 2.05) is 18.2 Å². The summed E-state index contributed by atoms with van der Waals surface area (Å²) in [7, 11) is 0. The normalized spacial score (nSPS) is 21.8. The Morgan fingerprint density at radius 2 is 2.00 bits per heavy atom. The zero-order chi connectivity index (χ0) is 20.5. The van der Waals surface area contributed by atoms with Crippen LogP contribution in [0, 0.1) is 5.92 Å². The van der Waals surface area contributed by atoms with Crippen LogP contribution in [-0.2, 0) is 11.2 Å². The highest BCUT2D eigenvalue weighted by Crippen LogP contribution is 2.47. The second kappa shape index (κ2) is 8.51. The lowest BCUT2D eigenvalue weighted by molar-refractivity contribution is -0.118. The van der Waals surface area contributed by atoms with Gasteiger partial charge in [-0.1, -0.05) is 60.8 Å². The molecule has 0 bridgehead atoms. The predicted molar refractivity (Wildman–Crippen MR) is 120 cm³/mol. The predicted octanol–water partition coefficient (Wildman–Crippen LogP) is 5.04. The van der Waals surface area contributed by atoms with Gasteiger partial charge in [0.2, 0.25) is 5.89 Å². The van der Waals surface area contributed by atoms with Crippen molar-refractivity contribution in [3.05, 3.63) is 52.3 Å². The summed E-state index contributed by atoms with van der Waals surface area (Å²) in [5.41, 5.74) is 2.51. The summed E-state index contributed by atoms with van der Waals surface area (Å²) < 4.78 is 5.80. The van der Waals surface area contributed by atoms with Crippen LogP contribution in [0.3, 0.4) is 0 Å². The average molecular weight is 439 g/mol. The largest absolute Gasteiger partial charge is 0.416 e. The van der Waals surface area contributed by atoms with E-state index in [2.05, 4.69) is 39.2 Å². The van der Waals surface area contributed by atoms with Crippen LogP contribution in [-0.4, -0.2) is 32.7 Å². The Balaban J connectivity index is 1.20. The third-order valence-corrected chi connectivity index (χ3v) is 7.69. The van der Waals surface area contributed by atoms with E-state index in [0.717, 1.165) is 24.3 Å². The molecule has 0 spiro atoms. The Morgan fingerprint density at radius 1 is 1.17 bits per heavy atom. The third kappa shape index (κ3) is 4.03. The molecule has 1 amide bonds. The second-order valence-electron chi connectivity index (χ2n) is 7.77. The van der Waals surface area contributed by atoms with Gasteiger partial charge in [-0.3, -0.25) is 4.79 Å². The van der Waals surface area contributed by atoms with Gasteiger partial charge >= 0.3 is 0 Å². The molecular weight excluding hydrogens is 416 g/mol. The van der Waals surface area contributed by atoms with Gasteiger partial charge in [-0.15, -0.1) is 10.2 Å². The maximum atomic E-state index is 12.6. The van der Waals surface area contributed by atoms with E-state index in [0.29, 0.717) is 35.0 Å². The van der Waals surface area contributed by atoms with Gasteiger partial charge < -0.3 is 4.42 Å². The average Bonchev–Trinajstić information content (AvgIpc) is 3.37. The van der Waals surface area contributed by atoms with Crippen molar-refractivity contribution in [2.45, 2.75) is 50.2 Å². The van der Waals surface area contributed by atoms with Crippen LogP contribution >= 0.6 is 23.5 Å². The summed E-state index contributed by atoms with van der Waals surface area (Å²) in [6, 6.07) is 10.3. The highest BCUT2D eigenvalue weighted by atomic mass is 32.2.